The molecule has 0 unspecified atom stereocenters. The molecule has 0 saturated carbocycles. The summed E-state index contributed by atoms with van der Waals surface area (Å²) in [5, 5.41) is 20.6. The minimum absolute atomic E-state index is 0.0301. The Morgan fingerprint density at radius 1 is 0.894 bits per heavy atom. The van der Waals surface area contributed by atoms with Crippen LogP contribution in [0.2, 0.25) is 0 Å². The van der Waals surface area contributed by atoms with Gasteiger partial charge in [0, 0.05) is 32.7 Å². The lowest BCUT2D eigenvalue weighted by Crippen LogP contribution is -2.30. The van der Waals surface area contributed by atoms with Gasteiger partial charge in [-0.2, -0.15) is 5.26 Å². The molecular weight excluding hydrogens is 629 g/mol. The monoisotopic (exact) mass is 658 g/mol. The van der Waals surface area contributed by atoms with E-state index in [-0.39, 0.29) is 17.4 Å². The highest BCUT2D eigenvalue weighted by Crippen LogP contribution is 2.35. The Bertz CT molecular complexity index is 1950. The van der Waals surface area contributed by atoms with Crippen molar-refractivity contribution in [1.29, 1.82) is 5.26 Å². The number of thioether (sulfide) groups is 1. The highest BCUT2D eigenvalue weighted by molar-refractivity contribution is 8.00. The number of para-hydroxylation sites is 1. The zero-order valence-electron chi connectivity index (χ0n) is 25.4. The van der Waals surface area contributed by atoms with Gasteiger partial charge in [-0.25, -0.2) is 0 Å². The molecule has 3 N–H and O–H groups in total. The fourth-order valence-electron chi connectivity index (χ4n) is 4.55. The fraction of sp³-hybridized carbons (Fsp3) is 0.0811. The number of anilines is 2. The lowest BCUT2D eigenvalue weighted by atomic mass is 10.1. The average Bonchev–Trinajstić information content (AvgIpc) is 3.51. The third kappa shape index (κ3) is 8.76. The van der Waals surface area contributed by atoms with Crippen molar-refractivity contribution >= 4 is 57.6 Å². The number of nitriles is 1. The van der Waals surface area contributed by atoms with Crippen molar-refractivity contribution in [1.82, 2.24) is 5.32 Å². The summed E-state index contributed by atoms with van der Waals surface area (Å²) in [6.07, 6.45) is 1.58. The van der Waals surface area contributed by atoms with Crippen LogP contribution in [0.4, 0.5) is 10.7 Å². The second-order valence-electron chi connectivity index (χ2n) is 10.00. The molecule has 47 heavy (non-hydrogen) atoms. The predicted octanol–water partition coefficient (Wildman–Crippen LogP) is 7.83. The SMILES string of the molecule is CCOc1ccccc1/C=C(/NC(=O)c1ccccc1)C(=O)Nc1cccc(SCC(=O)Nc2scc(-c3ccccc3)c2C#N)c1. The van der Waals surface area contributed by atoms with E-state index >= 15 is 0 Å². The molecule has 0 aliphatic rings. The maximum Gasteiger partial charge on any atom is 0.272 e. The topological polar surface area (TPSA) is 120 Å². The van der Waals surface area contributed by atoms with Gasteiger partial charge in [0.1, 0.15) is 22.5 Å². The van der Waals surface area contributed by atoms with Crippen LogP contribution in [0.15, 0.2) is 125 Å². The van der Waals surface area contributed by atoms with E-state index in [2.05, 4.69) is 22.0 Å². The van der Waals surface area contributed by atoms with Crippen LogP contribution < -0.4 is 20.7 Å². The maximum absolute atomic E-state index is 13.6. The molecule has 8 nitrogen and oxygen atoms in total. The second kappa shape index (κ2) is 16.1. The van der Waals surface area contributed by atoms with Crippen molar-refractivity contribution in [2.75, 3.05) is 23.0 Å². The number of hydrogen-bond donors (Lipinski definition) is 3. The van der Waals surface area contributed by atoms with Crippen LogP contribution in [0.5, 0.6) is 5.75 Å². The molecule has 0 fully saturated rings. The average molecular weight is 659 g/mol. The molecule has 0 aliphatic carbocycles. The summed E-state index contributed by atoms with van der Waals surface area (Å²) in [6, 6.07) is 34.7. The number of hydrogen-bond acceptors (Lipinski definition) is 7. The van der Waals surface area contributed by atoms with Gasteiger partial charge in [-0.15, -0.1) is 23.1 Å². The van der Waals surface area contributed by atoms with Gasteiger partial charge in [0.2, 0.25) is 5.91 Å². The number of nitrogens with one attached hydrogen (secondary N) is 3. The van der Waals surface area contributed by atoms with Crippen molar-refractivity contribution in [3.05, 3.63) is 137 Å². The van der Waals surface area contributed by atoms with E-state index in [4.69, 9.17) is 4.74 Å². The number of ether oxygens (including phenoxy) is 1. The first kappa shape index (κ1) is 32.8. The fourth-order valence-corrected chi connectivity index (χ4v) is 6.24. The largest absolute Gasteiger partial charge is 0.493 e. The van der Waals surface area contributed by atoms with Crippen molar-refractivity contribution in [3.8, 4) is 22.9 Å². The number of benzene rings is 4. The summed E-state index contributed by atoms with van der Waals surface area (Å²) in [5.74, 6) is -0.558. The third-order valence-corrected chi connectivity index (χ3v) is 8.64. The van der Waals surface area contributed by atoms with E-state index in [1.54, 1.807) is 66.7 Å². The summed E-state index contributed by atoms with van der Waals surface area (Å²) in [5.41, 5.74) is 3.66. The first-order chi connectivity index (χ1) is 22.9. The molecule has 0 aliphatic heterocycles. The van der Waals surface area contributed by atoms with E-state index in [1.165, 1.54) is 23.1 Å². The number of rotatable bonds is 12. The van der Waals surface area contributed by atoms with Gasteiger partial charge in [-0.05, 0) is 55.0 Å². The second-order valence-corrected chi connectivity index (χ2v) is 11.9. The van der Waals surface area contributed by atoms with Crippen LogP contribution in [-0.2, 0) is 9.59 Å². The first-order valence-corrected chi connectivity index (χ1v) is 16.5. The normalized spacial score (nSPS) is 10.9. The molecule has 3 amide bonds. The molecule has 5 aromatic rings. The lowest BCUT2D eigenvalue weighted by Gasteiger charge is -2.13. The minimum atomic E-state index is -0.531. The maximum atomic E-state index is 13.6. The van der Waals surface area contributed by atoms with E-state index in [0.29, 0.717) is 39.7 Å². The lowest BCUT2D eigenvalue weighted by molar-refractivity contribution is -0.114. The summed E-state index contributed by atoms with van der Waals surface area (Å²) >= 11 is 2.60. The molecule has 234 valence electrons. The first-order valence-electron chi connectivity index (χ1n) is 14.7. The molecule has 0 bridgehead atoms. The third-order valence-electron chi connectivity index (χ3n) is 6.75. The Hall–Kier alpha value is -5.63. The number of nitrogens with zero attached hydrogens (tertiary/aromatic N) is 1. The number of thiophene rings is 1. The number of carbonyl (C=O) groups excluding carboxylic acids is 3. The Morgan fingerprint density at radius 2 is 1.62 bits per heavy atom. The predicted molar refractivity (Wildman–Crippen MR) is 188 cm³/mol. The van der Waals surface area contributed by atoms with Crippen molar-refractivity contribution < 1.29 is 19.1 Å². The van der Waals surface area contributed by atoms with Crippen molar-refractivity contribution in [2.24, 2.45) is 0 Å². The number of amides is 3. The standard InChI is InChI=1S/C37H30N4O4S2/c1-2-45-33-19-10-9-16-27(33)20-32(40-35(43)26-14-7-4-8-15-26)36(44)39-28-17-11-18-29(21-28)46-24-34(42)41-37-30(22-38)31(23-47-37)25-12-5-3-6-13-25/h3-21,23H,2,24H2,1H3,(H,39,44)(H,40,43)(H,41,42)/b32-20+. The quantitative estimate of drug-likeness (QED) is 0.0929. The summed E-state index contributed by atoms with van der Waals surface area (Å²) < 4.78 is 5.72. The van der Waals surface area contributed by atoms with Crippen LogP contribution in [0.25, 0.3) is 17.2 Å². The van der Waals surface area contributed by atoms with Gasteiger partial charge in [0.25, 0.3) is 11.8 Å². The summed E-state index contributed by atoms with van der Waals surface area (Å²) in [7, 11) is 0. The molecular formula is C37H30N4O4S2. The minimum Gasteiger partial charge on any atom is -0.493 e. The number of carbonyl (C=O) groups is 3. The van der Waals surface area contributed by atoms with E-state index in [0.717, 1.165) is 16.0 Å². The van der Waals surface area contributed by atoms with Gasteiger partial charge in [-0.1, -0.05) is 72.8 Å². The highest BCUT2D eigenvalue weighted by Gasteiger charge is 2.18. The van der Waals surface area contributed by atoms with Gasteiger partial charge in [0.05, 0.1) is 17.9 Å². The van der Waals surface area contributed by atoms with Gasteiger partial charge >= 0.3 is 0 Å². The molecule has 0 atom stereocenters. The van der Waals surface area contributed by atoms with Gasteiger partial charge in [0.15, 0.2) is 0 Å². The smallest absolute Gasteiger partial charge is 0.272 e. The van der Waals surface area contributed by atoms with E-state index < -0.39 is 11.8 Å². The Morgan fingerprint density at radius 3 is 2.36 bits per heavy atom. The van der Waals surface area contributed by atoms with E-state index in [1.807, 2.05) is 60.8 Å². The van der Waals surface area contributed by atoms with Crippen molar-refractivity contribution in [2.45, 2.75) is 11.8 Å². The molecule has 5 rings (SSSR count). The molecule has 10 heteroatoms. The molecule has 0 spiro atoms. The van der Waals surface area contributed by atoms with Crippen LogP contribution in [0.3, 0.4) is 0 Å². The molecule has 0 saturated heterocycles. The zero-order valence-corrected chi connectivity index (χ0v) is 27.0. The Kier molecular flexibility index (Phi) is 11.2. The van der Waals surface area contributed by atoms with E-state index in [9.17, 15) is 19.6 Å². The summed E-state index contributed by atoms with van der Waals surface area (Å²) in [6.45, 7) is 2.31. The molecule has 0 radical (unpaired) electrons. The molecule has 1 aromatic heterocycles. The van der Waals surface area contributed by atoms with Gasteiger partial charge in [-0.3, -0.25) is 14.4 Å². The van der Waals surface area contributed by atoms with Crippen LogP contribution >= 0.6 is 23.1 Å². The van der Waals surface area contributed by atoms with Crippen LogP contribution in [0.1, 0.15) is 28.4 Å². The summed E-state index contributed by atoms with van der Waals surface area (Å²) in [4.78, 5) is 40.2. The van der Waals surface area contributed by atoms with Crippen LogP contribution in [-0.4, -0.2) is 30.1 Å². The molecule has 4 aromatic carbocycles. The van der Waals surface area contributed by atoms with Gasteiger partial charge < -0.3 is 20.7 Å². The van der Waals surface area contributed by atoms with Crippen molar-refractivity contribution in [3.63, 3.8) is 0 Å². The Labute approximate surface area is 281 Å². The zero-order chi connectivity index (χ0) is 33.0. The highest BCUT2D eigenvalue weighted by atomic mass is 32.2. The Balaban J connectivity index is 1.28. The van der Waals surface area contributed by atoms with Crippen LogP contribution in [0, 0.1) is 11.3 Å². The molecule has 1 heterocycles.